The smallest absolute Gasteiger partial charge is 0.222 e. The summed E-state index contributed by atoms with van der Waals surface area (Å²) in [5.74, 6) is 1.24. The molecule has 0 heterocycles. The van der Waals surface area contributed by atoms with Gasteiger partial charge in [-0.3, -0.25) is 4.79 Å². The number of methoxy groups -OCH3 is 2. The van der Waals surface area contributed by atoms with Gasteiger partial charge in [0.1, 0.15) is 0 Å². The van der Waals surface area contributed by atoms with E-state index < -0.39 is 5.54 Å². The lowest BCUT2D eigenvalue weighted by Gasteiger charge is -2.21. The maximum Gasteiger partial charge on any atom is 0.222 e. The molecule has 3 N–H and O–H groups in total. The predicted octanol–water partition coefficient (Wildman–Crippen LogP) is 2.01. The molecule has 1 rings (SSSR count). The molecule has 0 spiro atoms. The number of amides is 1. The summed E-state index contributed by atoms with van der Waals surface area (Å²) in [6.07, 6.45) is 0.282. The predicted molar refractivity (Wildman–Crippen MR) is 79.0 cm³/mol. The molecule has 0 bridgehead atoms. The molecule has 1 unspecified atom stereocenters. The number of nitrogens with two attached hydrogens (primary N) is 1. The zero-order valence-electron chi connectivity index (χ0n) is 12.8. The lowest BCUT2D eigenvalue weighted by atomic mass is 10.0. The van der Waals surface area contributed by atoms with Crippen LogP contribution in [0.1, 0.15) is 38.8 Å². The summed E-state index contributed by atoms with van der Waals surface area (Å²) in [7, 11) is 3.17. The third kappa shape index (κ3) is 4.74. The van der Waals surface area contributed by atoms with Gasteiger partial charge in [0.15, 0.2) is 11.5 Å². The van der Waals surface area contributed by atoms with E-state index in [1.165, 1.54) is 0 Å². The highest BCUT2D eigenvalue weighted by Crippen LogP contribution is 2.29. The second-order valence-electron chi connectivity index (χ2n) is 5.57. The maximum atomic E-state index is 11.9. The highest BCUT2D eigenvalue weighted by molar-refractivity contribution is 5.77. The van der Waals surface area contributed by atoms with Crippen LogP contribution in [0.5, 0.6) is 11.5 Å². The van der Waals surface area contributed by atoms with Crippen LogP contribution in [-0.2, 0) is 4.79 Å². The number of hydrogen-bond acceptors (Lipinski definition) is 4. The van der Waals surface area contributed by atoms with Crippen molar-refractivity contribution in [1.29, 1.82) is 0 Å². The molecule has 0 aromatic heterocycles. The molecule has 0 aliphatic rings. The van der Waals surface area contributed by atoms with Crippen molar-refractivity contribution < 1.29 is 14.3 Å². The maximum absolute atomic E-state index is 11.9. The van der Waals surface area contributed by atoms with Gasteiger partial charge in [0, 0.05) is 12.0 Å². The number of hydrogen-bond donors (Lipinski definition) is 2. The van der Waals surface area contributed by atoms with Crippen LogP contribution in [-0.4, -0.2) is 25.7 Å². The molecule has 5 nitrogen and oxygen atoms in total. The molecule has 0 saturated heterocycles. The minimum Gasteiger partial charge on any atom is -0.493 e. The van der Waals surface area contributed by atoms with Crippen molar-refractivity contribution in [3.05, 3.63) is 23.8 Å². The number of ether oxygens (including phenoxy) is 2. The third-order valence-corrected chi connectivity index (χ3v) is 2.90. The van der Waals surface area contributed by atoms with Gasteiger partial charge >= 0.3 is 0 Å². The normalized spacial score (nSPS) is 12.7. The molecule has 1 aromatic carbocycles. The molecule has 112 valence electrons. The molecule has 5 heteroatoms. The van der Waals surface area contributed by atoms with E-state index in [-0.39, 0.29) is 18.4 Å². The van der Waals surface area contributed by atoms with E-state index in [2.05, 4.69) is 5.32 Å². The van der Waals surface area contributed by atoms with Crippen molar-refractivity contribution in [3.8, 4) is 11.5 Å². The van der Waals surface area contributed by atoms with Crippen molar-refractivity contribution >= 4 is 5.91 Å². The average molecular weight is 280 g/mol. The average Bonchev–Trinajstić information content (AvgIpc) is 2.35. The second-order valence-corrected chi connectivity index (χ2v) is 5.57. The molecule has 1 amide bonds. The van der Waals surface area contributed by atoms with Gasteiger partial charge in [-0.25, -0.2) is 0 Å². The number of rotatable bonds is 6. The fraction of sp³-hybridized carbons (Fsp3) is 0.533. The molecule has 0 aliphatic heterocycles. The summed E-state index contributed by atoms with van der Waals surface area (Å²) >= 11 is 0. The Kier molecular flexibility index (Phi) is 5.39. The van der Waals surface area contributed by atoms with Gasteiger partial charge < -0.3 is 20.5 Å². The van der Waals surface area contributed by atoms with Gasteiger partial charge in [-0.05, 0) is 38.5 Å². The molecule has 1 atom stereocenters. The topological polar surface area (TPSA) is 73.6 Å². The minimum absolute atomic E-state index is 0.0696. The first kappa shape index (κ1) is 16.3. The van der Waals surface area contributed by atoms with Crippen LogP contribution in [0.3, 0.4) is 0 Å². The minimum atomic E-state index is -0.512. The summed E-state index contributed by atoms with van der Waals surface area (Å²) in [4.78, 5) is 11.9. The van der Waals surface area contributed by atoms with Gasteiger partial charge in [0.05, 0.1) is 20.3 Å². The van der Waals surface area contributed by atoms with E-state index in [4.69, 9.17) is 15.2 Å². The van der Waals surface area contributed by atoms with Crippen molar-refractivity contribution in [1.82, 2.24) is 5.32 Å². The van der Waals surface area contributed by atoms with Crippen molar-refractivity contribution in [2.24, 2.45) is 5.73 Å². The Balaban J connectivity index is 2.77. The number of nitrogens with one attached hydrogen (secondary N) is 1. The Morgan fingerprint density at radius 3 is 2.40 bits per heavy atom. The standard InChI is InChI=1S/C15H24N2O3/c1-10(17-14(18)9-15(2,3)16)11-6-7-12(19-4)13(8-11)20-5/h6-8,10H,9,16H2,1-5H3,(H,17,18). The lowest BCUT2D eigenvalue weighted by Crippen LogP contribution is -2.39. The van der Waals surface area contributed by atoms with Gasteiger partial charge in [-0.1, -0.05) is 6.07 Å². The van der Waals surface area contributed by atoms with Gasteiger partial charge in [0.25, 0.3) is 0 Å². The molecule has 0 radical (unpaired) electrons. The van der Waals surface area contributed by atoms with Crippen molar-refractivity contribution in [2.45, 2.75) is 38.8 Å². The molecule has 0 aliphatic carbocycles. The largest absolute Gasteiger partial charge is 0.493 e. The van der Waals surface area contributed by atoms with Crippen molar-refractivity contribution in [3.63, 3.8) is 0 Å². The van der Waals surface area contributed by atoms with Crippen LogP contribution in [0.25, 0.3) is 0 Å². The Labute approximate surface area is 120 Å². The number of benzene rings is 1. The van der Waals surface area contributed by atoms with E-state index in [0.717, 1.165) is 5.56 Å². The first-order valence-corrected chi connectivity index (χ1v) is 6.57. The van der Waals surface area contributed by atoms with E-state index >= 15 is 0 Å². The quantitative estimate of drug-likeness (QED) is 0.836. The monoisotopic (exact) mass is 280 g/mol. The lowest BCUT2D eigenvalue weighted by molar-refractivity contribution is -0.122. The summed E-state index contributed by atoms with van der Waals surface area (Å²) in [6.45, 7) is 5.57. The van der Waals surface area contributed by atoms with E-state index in [0.29, 0.717) is 11.5 Å². The summed E-state index contributed by atoms with van der Waals surface area (Å²) < 4.78 is 10.4. The molecule has 1 aromatic rings. The first-order valence-electron chi connectivity index (χ1n) is 6.57. The van der Waals surface area contributed by atoms with Crippen LogP contribution < -0.4 is 20.5 Å². The fourth-order valence-electron chi connectivity index (χ4n) is 1.91. The zero-order valence-corrected chi connectivity index (χ0v) is 12.8. The molecular weight excluding hydrogens is 256 g/mol. The van der Waals surface area contributed by atoms with Crippen LogP contribution >= 0.6 is 0 Å². The zero-order chi connectivity index (χ0) is 15.3. The van der Waals surface area contributed by atoms with E-state index in [9.17, 15) is 4.79 Å². The van der Waals surface area contributed by atoms with Gasteiger partial charge in [0.2, 0.25) is 5.91 Å². The first-order chi connectivity index (χ1) is 9.26. The molecular formula is C15H24N2O3. The van der Waals surface area contributed by atoms with Crippen LogP contribution in [0, 0.1) is 0 Å². The van der Waals surface area contributed by atoms with E-state index in [1.807, 2.05) is 39.0 Å². The summed E-state index contributed by atoms with van der Waals surface area (Å²) in [5.41, 5.74) is 6.27. The summed E-state index contributed by atoms with van der Waals surface area (Å²) in [6, 6.07) is 5.46. The highest BCUT2D eigenvalue weighted by Gasteiger charge is 2.18. The molecule has 0 saturated carbocycles. The second kappa shape index (κ2) is 6.61. The van der Waals surface area contributed by atoms with Crippen LogP contribution in [0.4, 0.5) is 0 Å². The van der Waals surface area contributed by atoms with Crippen molar-refractivity contribution in [2.75, 3.05) is 14.2 Å². The Morgan fingerprint density at radius 2 is 1.90 bits per heavy atom. The van der Waals surface area contributed by atoms with Gasteiger partial charge in [-0.2, -0.15) is 0 Å². The fourth-order valence-corrected chi connectivity index (χ4v) is 1.91. The summed E-state index contributed by atoms with van der Waals surface area (Å²) in [5, 5.41) is 2.93. The molecule has 20 heavy (non-hydrogen) atoms. The van der Waals surface area contributed by atoms with Crippen LogP contribution in [0.2, 0.25) is 0 Å². The Morgan fingerprint density at radius 1 is 1.30 bits per heavy atom. The third-order valence-electron chi connectivity index (χ3n) is 2.90. The van der Waals surface area contributed by atoms with Crippen LogP contribution in [0.15, 0.2) is 18.2 Å². The van der Waals surface area contributed by atoms with Gasteiger partial charge in [-0.15, -0.1) is 0 Å². The Hall–Kier alpha value is -1.75. The SMILES string of the molecule is COc1ccc(C(C)NC(=O)CC(C)(C)N)cc1OC. The number of carbonyl (C=O) groups excluding carboxylic acids is 1. The number of carbonyl (C=O) groups is 1. The van der Waals surface area contributed by atoms with E-state index in [1.54, 1.807) is 14.2 Å². The molecule has 0 fully saturated rings. The highest BCUT2D eigenvalue weighted by atomic mass is 16.5. The Bertz CT molecular complexity index is 467.